The normalized spacial score (nSPS) is 15.1. The number of nitrogens with zero attached hydrogens (tertiary/aromatic N) is 2. The van der Waals surface area contributed by atoms with E-state index in [1.54, 1.807) is 35.8 Å². The summed E-state index contributed by atoms with van der Waals surface area (Å²) < 4.78 is 13.3. The van der Waals surface area contributed by atoms with Gasteiger partial charge in [0.2, 0.25) is 0 Å². The Hall–Kier alpha value is -3.94. The average Bonchev–Trinajstić information content (AvgIpc) is 3.24. The number of carbonyl (C=O) groups is 1. The van der Waals surface area contributed by atoms with Crippen LogP contribution in [0.2, 0.25) is 5.02 Å². The van der Waals surface area contributed by atoms with E-state index >= 15 is 0 Å². The number of ether oxygens (including phenoxy) is 2. The summed E-state index contributed by atoms with van der Waals surface area (Å²) in [6.07, 6.45) is 1.76. The maximum Gasteiger partial charge on any atom is 0.338 e. The Kier molecular flexibility index (Phi) is 7.58. The van der Waals surface area contributed by atoms with Gasteiger partial charge < -0.3 is 9.47 Å². The average molecular weight is 545 g/mol. The Bertz CT molecular complexity index is 1690. The lowest BCUT2D eigenvalue weighted by atomic mass is 9.93. The number of carbonyl (C=O) groups excluding carboxylic acids is 1. The topological polar surface area (TPSA) is 69.9 Å². The quantitative estimate of drug-likeness (QED) is 0.307. The van der Waals surface area contributed by atoms with E-state index < -0.39 is 12.0 Å². The van der Waals surface area contributed by atoms with E-state index in [4.69, 9.17) is 26.1 Å². The van der Waals surface area contributed by atoms with Gasteiger partial charge in [-0.2, -0.15) is 0 Å². The van der Waals surface area contributed by atoms with E-state index in [9.17, 15) is 9.59 Å². The van der Waals surface area contributed by atoms with E-state index in [-0.39, 0.29) is 12.2 Å². The summed E-state index contributed by atoms with van der Waals surface area (Å²) in [6.45, 7) is 4.33. The third kappa shape index (κ3) is 4.95. The summed E-state index contributed by atoms with van der Waals surface area (Å²) in [7, 11) is 0. The monoisotopic (exact) mass is 544 g/mol. The smallest absolute Gasteiger partial charge is 0.338 e. The number of halogens is 1. The first-order valence-corrected chi connectivity index (χ1v) is 13.5. The third-order valence-corrected chi connectivity index (χ3v) is 7.27. The third-order valence-electron chi connectivity index (χ3n) is 6.05. The molecule has 0 saturated carbocycles. The number of esters is 1. The lowest BCUT2D eigenvalue weighted by Gasteiger charge is -2.25. The minimum absolute atomic E-state index is 0.200. The first-order chi connectivity index (χ1) is 18.5. The molecule has 38 heavy (non-hydrogen) atoms. The number of thiazole rings is 1. The van der Waals surface area contributed by atoms with Gasteiger partial charge in [-0.1, -0.05) is 83.6 Å². The van der Waals surface area contributed by atoms with E-state index in [1.165, 1.54) is 11.3 Å². The second-order valence-electron chi connectivity index (χ2n) is 8.46. The molecule has 1 aromatic heterocycles. The van der Waals surface area contributed by atoms with Crippen molar-refractivity contribution in [2.24, 2.45) is 4.99 Å². The minimum atomic E-state index is -0.713. The zero-order valence-electron chi connectivity index (χ0n) is 20.9. The molecule has 1 aliphatic heterocycles. The molecule has 6 nitrogen and oxygen atoms in total. The van der Waals surface area contributed by atoms with Crippen LogP contribution in [0.1, 0.15) is 36.6 Å². The first-order valence-electron chi connectivity index (χ1n) is 12.3. The molecule has 0 N–H and O–H groups in total. The number of hydrogen-bond acceptors (Lipinski definition) is 6. The van der Waals surface area contributed by atoms with Crippen molar-refractivity contribution in [1.29, 1.82) is 0 Å². The largest absolute Gasteiger partial charge is 0.493 e. The van der Waals surface area contributed by atoms with E-state index in [2.05, 4.69) is 0 Å². The highest BCUT2D eigenvalue weighted by Gasteiger charge is 2.35. The van der Waals surface area contributed by atoms with Crippen LogP contribution >= 0.6 is 22.9 Å². The predicted molar refractivity (Wildman–Crippen MR) is 150 cm³/mol. The Morgan fingerprint density at radius 2 is 1.74 bits per heavy atom. The Balaban J connectivity index is 1.82. The molecule has 0 spiro atoms. The summed E-state index contributed by atoms with van der Waals surface area (Å²) in [6, 6.07) is 23.5. The molecule has 2 heterocycles. The molecule has 192 valence electrons. The van der Waals surface area contributed by atoms with Crippen molar-refractivity contribution in [3.63, 3.8) is 0 Å². The lowest BCUT2D eigenvalue weighted by Crippen LogP contribution is -2.40. The van der Waals surface area contributed by atoms with E-state index in [0.717, 1.165) is 11.1 Å². The molecular formula is C30H25ClN2O4S. The summed E-state index contributed by atoms with van der Waals surface area (Å²) in [5.74, 6) is 0.117. The Labute approximate surface area is 228 Å². The highest BCUT2D eigenvalue weighted by atomic mass is 35.5. The predicted octanol–water partition coefficient (Wildman–Crippen LogP) is 4.99. The van der Waals surface area contributed by atoms with Crippen LogP contribution in [-0.4, -0.2) is 23.8 Å². The summed E-state index contributed by atoms with van der Waals surface area (Å²) in [5.41, 5.74) is 2.78. The molecule has 8 heteroatoms. The van der Waals surface area contributed by atoms with Crippen LogP contribution in [0.15, 0.2) is 94.2 Å². The van der Waals surface area contributed by atoms with Crippen molar-refractivity contribution in [2.75, 3.05) is 13.2 Å². The maximum atomic E-state index is 14.0. The summed E-state index contributed by atoms with van der Waals surface area (Å²) in [4.78, 5) is 32.8. The van der Waals surface area contributed by atoms with Crippen LogP contribution in [0.5, 0.6) is 5.75 Å². The number of rotatable bonds is 7. The van der Waals surface area contributed by atoms with Crippen molar-refractivity contribution in [1.82, 2.24) is 4.57 Å². The van der Waals surface area contributed by atoms with Crippen LogP contribution < -0.4 is 19.6 Å². The lowest BCUT2D eigenvalue weighted by molar-refractivity contribution is -0.138. The zero-order valence-corrected chi connectivity index (χ0v) is 22.5. The molecule has 4 aromatic rings. The van der Waals surface area contributed by atoms with Gasteiger partial charge in [0.05, 0.1) is 35.1 Å². The van der Waals surface area contributed by atoms with Crippen molar-refractivity contribution in [3.05, 3.63) is 126 Å². The molecule has 0 unspecified atom stereocenters. The molecule has 0 amide bonds. The van der Waals surface area contributed by atoms with Gasteiger partial charge in [-0.15, -0.1) is 0 Å². The van der Waals surface area contributed by atoms with Crippen molar-refractivity contribution in [2.45, 2.75) is 19.9 Å². The number of hydrogen-bond donors (Lipinski definition) is 0. The maximum absolute atomic E-state index is 14.0. The molecule has 1 aliphatic rings. The fourth-order valence-corrected chi connectivity index (χ4v) is 5.62. The van der Waals surface area contributed by atoms with Gasteiger partial charge in [-0.3, -0.25) is 9.36 Å². The minimum Gasteiger partial charge on any atom is -0.493 e. The van der Waals surface area contributed by atoms with Gasteiger partial charge in [0, 0.05) is 16.1 Å². The SMILES string of the molecule is CCOC(=O)C1=C(c2ccccc2)N=c2s/c(=C\c3cc(Cl)ccc3OCC)c(=O)n2[C@@H]1c1ccccc1. The summed E-state index contributed by atoms with van der Waals surface area (Å²) >= 11 is 7.52. The molecule has 0 aliphatic carbocycles. The van der Waals surface area contributed by atoms with Gasteiger partial charge in [0.1, 0.15) is 5.75 Å². The Morgan fingerprint density at radius 3 is 2.42 bits per heavy atom. The van der Waals surface area contributed by atoms with Crippen LogP contribution in [0.3, 0.4) is 0 Å². The molecule has 5 rings (SSSR count). The number of benzene rings is 3. The number of fused-ring (bicyclic) bond motifs is 1. The summed E-state index contributed by atoms with van der Waals surface area (Å²) in [5, 5.41) is 0.533. The van der Waals surface area contributed by atoms with Gasteiger partial charge in [-0.25, -0.2) is 9.79 Å². The highest BCUT2D eigenvalue weighted by molar-refractivity contribution is 7.07. The van der Waals surface area contributed by atoms with Gasteiger partial charge in [0.25, 0.3) is 5.56 Å². The Morgan fingerprint density at radius 1 is 1.03 bits per heavy atom. The van der Waals surface area contributed by atoms with Gasteiger partial charge in [0.15, 0.2) is 4.80 Å². The second-order valence-corrected chi connectivity index (χ2v) is 9.90. The standard InChI is InChI=1S/C30H25ClN2O4S/c1-3-36-23-16-15-22(31)17-21(23)18-24-28(34)33-27(20-13-9-6-10-14-20)25(29(35)37-4-2)26(32-30(33)38-24)19-11-7-5-8-12-19/h5-18,27H,3-4H2,1-2H3/b24-18-/t27-/m1/s1. The molecule has 3 aromatic carbocycles. The van der Waals surface area contributed by atoms with E-state index in [0.29, 0.717) is 43.5 Å². The van der Waals surface area contributed by atoms with E-state index in [1.807, 2.05) is 67.6 Å². The van der Waals surface area contributed by atoms with Gasteiger partial charge in [-0.05, 0) is 43.7 Å². The highest BCUT2D eigenvalue weighted by Crippen LogP contribution is 2.35. The van der Waals surface area contributed by atoms with Gasteiger partial charge >= 0.3 is 5.97 Å². The molecule has 1 atom stereocenters. The number of aromatic nitrogens is 1. The van der Waals surface area contributed by atoms with Crippen molar-refractivity contribution in [3.8, 4) is 5.75 Å². The molecule has 0 saturated heterocycles. The first kappa shape index (κ1) is 25.7. The fraction of sp³-hybridized carbons (Fsp3) is 0.167. The zero-order chi connectivity index (χ0) is 26.6. The molecule has 0 fully saturated rings. The molecular weight excluding hydrogens is 520 g/mol. The van der Waals surface area contributed by atoms with Crippen LogP contribution in [0.25, 0.3) is 11.8 Å². The molecule has 0 bridgehead atoms. The second kappa shape index (κ2) is 11.2. The fourth-order valence-electron chi connectivity index (χ4n) is 4.45. The van der Waals surface area contributed by atoms with Crippen LogP contribution in [-0.2, 0) is 9.53 Å². The molecule has 0 radical (unpaired) electrons. The van der Waals surface area contributed by atoms with Crippen LogP contribution in [0.4, 0.5) is 0 Å². The van der Waals surface area contributed by atoms with Crippen molar-refractivity contribution < 1.29 is 14.3 Å². The van der Waals surface area contributed by atoms with Crippen molar-refractivity contribution >= 4 is 40.7 Å². The van der Waals surface area contributed by atoms with Crippen LogP contribution in [0, 0.1) is 0 Å².